The van der Waals surface area contributed by atoms with Crippen LogP contribution in [0.4, 0.5) is 0 Å². The number of halogens is 1. The van der Waals surface area contributed by atoms with E-state index in [4.69, 9.17) is 16.3 Å². The fourth-order valence-electron chi connectivity index (χ4n) is 2.06. The SMILES string of the molecule is COCC(C)C(Cl)C(=O)N1CCCCCC1. The predicted octanol–water partition coefficient (Wildman–Crippen LogP) is 2.28. The van der Waals surface area contributed by atoms with Gasteiger partial charge in [-0.05, 0) is 12.8 Å². The van der Waals surface area contributed by atoms with E-state index in [1.165, 1.54) is 12.8 Å². The minimum absolute atomic E-state index is 0.0717. The van der Waals surface area contributed by atoms with Gasteiger partial charge in [0.05, 0.1) is 6.61 Å². The first-order chi connectivity index (χ1) is 7.66. The standard InChI is InChI=1S/C12H22ClNO2/c1-10(9-16-2)11(13)12(15)14-7-5-3-4-6-8-14/h10-11H,3-9H2,1-2H3. The van der Waals surface area contributed by atoms with Crippen LogP contribution >= 0.6 is 11.6 Å². The van der Waals surface area contributed by atoms with E-state index in [9.17, 15) is 4.79 Å². The number of methoxy groups -OCH3 is 1. The van der Waals surface area contributed by atoms with Crippen LogP contribution in [0.15, 0.2) is 0 Å². The smallest absolute Gasteiger partial charge is 0.240 e. The summed E-state index contributed by atoms with van der Waals surface area (Å²) in [6.07, 6.45) is 4.66. The van der Waals surface area contributed by atoms with Gasteiger partial charge in [0.1, 0.15) is 5.38 Å². The fraction of sp³-hybridized carbons (Fsp3) is 0.917. The van der Waals surface area contributed by atoms with E-state index in [0.717, 1.165) is 25.9 Å². The molecule has 1 heterocycles. The fourth-order valence-corrected chi connectivity index (χ4v) is 2.27. The van der Waals surface area contributed by atoms with E-state index in [1.54, 1.807) is 7.11 Å². The number of carbonyl (C=O) groups is 1. The Hall–Kier alpha value is -0.280. The lowest BCUT2D eigenvalue weighted by Gasteiger charge is -2.25. The molecule has 0 saturated carbocycles. The van der Waals surface area contributed by atoms with E-state index in [2.05, 4.69) is 0 Å². The second-order valence-electron chi connectivity index (χ2n) is 4.57. The Bertz CT molecular complexity index is 215. The van der Waals surface area contributed by atoms with Crippen molar-refractivity contribution < 1.29 is 9.53 Å². The van der Waals surface area contributed by atoms with Gasteiger partial charge in [-0.25, -0.2) is 0 Å². The number of hydrogen-bond acceptors (Lipinski definition) is 2. The van der Waals surface area contributed by atoms with Crippen LogP contribution in [0.2, 0.25) is 0 Å². The van der Waals surface area contributed by atoms with Crippen LogP contribution in [-0.4, -0.2) is 43.0 Å². The van der Waals surface area contributed by atoms with Crippen molar-refractivity contribution in [2.24, 2.45) is 5.92 Å². The second-order valence-corrected chi connectivity index (χ2v) is 5.04. The average molecular weight is 248 g/mol. The predicted molar refractivity (Wildman–Crippen MR) is 65.7 cm³/mol. The largest absolute Gasteiger partial charge is 0.384 e. The number of likely N-dealkylation sites (tertiary alicyclic amines) is 1. The zero-order valence-electron chi connectivity index (χ0n) is 10.2. The number of nitrogens with zero attached hydrogens (tertiary/aromatic N) is 1. The Morgan fingerprint density at radius 1 is 1.31 bits per heavy atom. The number of hydrogen-bond donors (Lipinski definition) is 0. The van der Waals surface area contributed by atoms with Gasteiger partial charge in [0.15, 0.2) is 0 Å². The summed E-state index contributed by atoms with van der Waals surface area (Å²) in [5.41, 5.74) is 0. The highest BCUT2D eigenvalue weighted by Crippen LogP contribution is 2.17. The third-order valence-corrected chi connectivity index (χ3v) is 3.70. The molecule has 1 aliphatic rings. The Morgan fingerprint density at radius 2 is 1.88 bits per heavy atom. The molecule has 1 aliphatic heterocycles. The summed E-state index contributed by atoms with van der Waals surface area (Å²) in [5.74, 6) is 0.149. The molecule has 2 unspecified atom stereocenters. The van der Waals surface area contributed by atoms with Crippen LogP contribution in [0, 0.1) is 5.92 Å². The molecule has 2 atom stereocenters. The van der Waals surface area contributed by atoms with Crippen molar-refractivity contribution in [3.05, 3.63) is 0 Å². The maximum absolute atomic E-state index is 12.1. The first-order valence-corrected chi connectivity index (χ1v) is 6.52. The summed E-state index contributed by atoms with van der Waals surface area (Å²) >= 11 is 6.18. The zero-order chi connectivity index (χ0) is 12.0. The zero-order valence-corrected chi connectivity index (χ0v) is 11.0. The second kappa shape index (κ2) is 7.13. The lowest BCUT2D eigenvalue weighted by Crippen LogP contribution is -2.40. The number of rotatable bonds is 4. The topological polar surface area (TPSA) is 29.5 Å². The molecular formula is C12H22ClNO2. The molecule has 1 rings (SSSR count). The van der Waals surface area contributed by atoms with Crippen molar-refractivity contribution in [1.82, 2.24) is 4.90 Å². The van der Waals surface area contributed by atoms with Crippen molar-refractivity contribution in [2.45, 2.75) is 38.0 Å². The molecule has 1 saturated heterocycles. The molecule has 0 aromatic heterocycles. The van der Waals surface area contributed by atoms with E-state index in [-0.39, 0.29) is 11.8 Å². The van der Waals surface area contributed by atoms with Gasteiger partial charge < -0.3 is 9.64 Å². The summed E-state index contributed by atoms with van der Waals surface area (Å²) in [7, 11) is 1.64. The van der Waals surface area contributed by atoms with E-state index in [1.807, 2.05) is 11.8 Å². The normalized spacial score (nSPS) is 21.3. The molecule has 0 spiro atoms. The van der Waals surface area contributed by atoms with Crippen molar-refractivity contribution in [3.63, 3.8) is 0 Å². The van der Waals surface area contributed by atoms with Crippen molar-refractivity contribution in [2.75, 3.05) is 26.8 Å². The molecule has 0 aliphatic carbocycles. The van der Waals surface area contributed by atoms with Crippen LogP contribution in [0.5, 0.6) is 0 Å². The van der Waals surface area contributed by atoms with Crippen LogP contribution in [0.3, 0.4) is 0 Å². The van der Waals surface area contributed by atoms with Gasteiger partial charge in [-0.2, -0.15) is 0 Å². The van der Waals surface area contributed by atoms with E-state index < -0.39 is 5.38 Å². The van der Waals surface area contributed by atoms with E-state index >= 15 is 0 Å². The number of alkyl halides is 1. The van der Waals surface area contributed by atoms with Crippen molar-refractivity contribution in [1.29, 1.82) is 0 Å². The molecule has 0 N–H and O–H groups in total. The van der Waals surface area contributed by atoms with Gasteiger partial charge in [0.25, 0.3) is 0 Å². The molecule has 0 aromatic rings. The Kier molecular flexibility index (Phi) is 6.14. The molecule has 0 radical (unpaired) electrons. The van der Waals surface area contributed by atoms with Crippen molar-refractivity contribution >= 4 is 17.5 Å². The summed E-state index contributed by atoms with van der Waals surface area (Å²) < 4.78 is 5.03. The first-order valence-electron chi connectivity index (χ1n) is 6.08. The summed E-state index contributed by atoms with van der Waals surface area (Å²) in [4.78, 5) is 14.0. The highest BCUT2D eigenvalue weighted by molar-refractivity contribution is 6.30. The quantitative estimate of drug-likeness (QED) is 0.714. The Balaban J connectivity index is 2.47. The maximum Gasteiger partial charge on any atom is 0.240 e. The molecule has 3 nitrogen and oxygen atoms in total. The summed E-state index contributed by atoms with van der Waals surface area (Å²) in [5, 5.41) is -0.446. The minimum Gasteiger partial charge on any atom is -0.384 e. The molecule has 0 bridgehead atoms. The molecule has 0 aromatic carbocycles. The highest BCUT2D eigenvalue weighted by atomic mass is 35.5. The van der Waals surface area contributed by atoms with Gasteiger partial charge in [-0.15, -0.1) is 11.6 Å². The first kappa shape index (κ1) is 13.8. The Morgan fingerprint density at radius 3 is 2.38 bits per heavy atom. The van der Waals surface area contributed by atoms with Crippen LogP contribution in [0.25, 0.3) is 0 Å². The molecule has 1 fully saturated rings. The molecule has 94 valence electrons. The molecule has 4 heteroatoms. The number of amides is 1. The third-order valence-electron chi connectivity index (χ3n) is 3.08. The molecular weight excluding hydrogens is 226 g/mol. The summed E-state index contributed by atoms with van der Waals surface area (Å²) in [6, 6.07) is 0. The lowest BCUT2D eigenvalue weighted by atomic mass is 10.1. The number of ether oxygens (including phenoxy) is 1. The average Bonchev–Trinajstić information content (AvgIpc) is 2.56. The monoisotopic (exact) mass is 247 g/mol. The maximum atomic E-state index is 12.1. The van der Waals surface area contributed by atoms with Gasteiger partial charge in [-0.3, -0.25) is 4.79 Å². The molecule has 1 amide bonds. The molecule has 16 heavy (non-hydrogen) atoms. The van der Waals surface area contributed by atoms with Gasteiger partial charge >= 0.3 is 0 Å². The van der Waals surface area contributed by atoms with Crippen molar-refractivity contribution in [3.8, 4) is 0 Å². The Labute approximate surface area is 103 Å². The lowest BCUT2D eigenvalue weighted by molar-refractivity contribution is -0.132. The summed E-state index contributed by atoms with van der Waals surface area (Å²) in [6.45, 7) is 4.22. The van der Waals surface area contributed by atoms with Crippen LogP contribution in [-0.2, 0) is 9.53 Å². The van der Waals surface area contributed by atoms with E-state index in [0.29, 0.717) is 6.61 Å². The minimum atomic E-state index is -0.446. The van der Waals surface area contributed by atoms with Gasteiger partial charge in [0.2, 0.25) is 5.91 Å². The van der Waals surface area contributed by atoms with Gasteiger partial charge in [-0.1, -0.05) is 19.8 Å². The highest BCUT2D eigenvalue weighted by Gasteiger charge is 2.27. The number of carbonyl (C=O) groups excluding carboxylic acids is 1. The van der Waals surface area contributed by atoms with Crippen LogP contribution in [0.1, 0.15) is 32.6 Å². The van der Waals surface area contributed by atoms with Gasteiger partial charge in [0, 0.05) is 26.1 Å². The van der Waals surface area contributed by atoms with Crippen LogP contribution < -0.4 is 0 Å². The third kappa shape index (κ3) is 3.95.